The maximum atomic E-state index is 11.2. The molecule has 0 bridgehead atoms. The summed E-state index contributed by atoms with van der Waals surface area (Å²) in [7, 11) is 0. The molecule has 0 unspecified atom stereocenters. The van der Waals surface area contributed by atoms with Gasteiger partial charge in [-0.05, 0) is 18.9 Å². The highest BCUT2D eigenvalue weighted by molar-refractivity contribution is 7.14. The van der Waals surface area contributed by atoms with Crippen molar-refractivity contribution in [1.29, 1.82) is 0 Å². The third-order valence-corrected chi connectivity index (χ3v) is 4.36. The standard InChI is InChI=1S/C16H26O3S/c1-3-5-6-7-8-9-11-19-14-12-13(10-4-2)20-15(14)16(17)18/h12H,3-11H2,1-2H3,(H,17,18). The highest BCUT2D eigenvalue weighted by atomic mass is 32.1. The van der Waals surface area contributed by atoms with E-state index in [0.29, 0.717) is 17.2 Å². The van der Waals surface area contributed by atoms with Crippen molar-refractivity contribution in [3.63, 3.8) is 0 Å². The van der Waals surface area contributed by atoms with Crippen molar-refractivity contribution in [2.24, 2.45) is 0 Å². The summed E-state index contributed by atoms with van der Waals surface area (Å²) in [5.74, 6) is -0.324. The van der Waals surface area contributed by atoms with Crippen molar-refractivity contribution in [3.05, 3.63) is 15.8 Å². The van der Waals surface area contributed by atoms with Gasteiger partial charge in [-0.15, -0.1) is 11.3 Å². The Hall–Kier alpha value is -1.03. The van der Waals surface area contributed by atoms with Crippen LogP contribution in [0.5, 0.6) is 5.75 Å². The summed E-state index contributed by atoms with van der Waals surface area (Å²) >= 11 is 1.34. The Morgan fingerprint density at radius 3 is 2.50 bits per heavy atom. The van der Waals surface area contributed by atoms with Gasteiger partial charge in [0, 0.05) is 4.88 Å². The molecule has 0 radical (unpaired) electrons. The van der Waals surface area contributed by atoms with Gasteiger partial charge in [-0.1, -0.05) is 52.4 Å². The van der Waals surface area contributed by atoms with Gasteiger partial charge < -0.3 is 9.84 Å². The Morgan fingerprint density at radius 1 is 1.15 bits per heavy atom. The molecule has 0 aliphatic rings. The van der Waals surface area contributed by atoms with Crippen LogP contribution in [0.4, 0.5) is 0 Å². The van der Waals surface area contributed by atoms with Crippen molar-refractivity contribution in [2.45, 2.75) is 65.2 Å². The number of aromatic carboxylic acids is 1. The fraction of sp³-hybridized carbons (Fsp3) is 0.688. The van der Waals surface area contributed by atoms with E-state index >= 15 is 0 Å². The first-order valence-electron chi connectivity index (χ1n) is 7.67. The first kappa shape index (κ1) is 17.0. The summed E-state index contributed by atoms with van der Waals surface area (Å²) in [5.41, 5.74) is 0. The number of carboxylic acids is 1. The van der Waals surface area contributed by atoms with Crippen molar-refractivity contribution in [3.8, 4) is 5.75 Å². The van der Waals surface area contributed by atoms with Crippen LogP contribution in [0.1, 0.15) is 73.3 Å². The number of aryl methyl sites for hydroxylation is 1. The van der Waals surface area contributed by atoms with Crippen LogP contribution in [0.2, 0.25) is 0 Å². The van der Waals surface area contributed by atoms with Crippen LogP contribution in [0.3, 0.4) is 0 Å². The molecule has 0 amide bonds. The van der Waals surface area contributed by atoms with Crippen molar-refractivity contribution in [2.75, 3.05) is 6.61 Å². The molecule has 0 aromatic carbocycles. The Labute approximate surface area is 126 Å². The van der Waals surface area contributed by atoms with Crippen molar-refractivity contribution < 1.29 is 14.6 Å². The monoisotopic (exact) mass is 298 g/mol. The van der Waals surface area contributed by atoms with E-state index in [9.17, 15) is 9.90 Å². The molecule has 0 fully saturated rings. The number of thiophene rings is 1. The lowest BCUT2D eigenvalue weighted by atomic mass is 10.1. The zero-order chi connectivity index (χ0) is 14.8. The highest BCUT2D eigenvalue weighted by Crippen LogP contribution is 2.30. The fourth-order valence-electron chi connectivity index (χ4n) is 2.11. The van der Waals surface area contributed by atoms with Gasteiger partial charge in [0.15, 0.2) is 4.88 Å². The van der Waals surface area contributed by atoms with Gasteiger partial charge in [-0.3, -0.25) is 0 Å². The summed E-state index contributed by atoms with van der Waals surface area (Å²) in [6.07, 6.45) is 9.20. The molecule has 20 heavy (non-hydrogen) atoms. The molecule has 0 spiro atoms. The van der Waals surface area contributed by atoms with Crippen LogP contribution in [-0.2, 0) is 6.42 Å². The quantitative estimate of drug-likeness (QED) is 0.575. The first-order chi connectivity index (χ1) is 9.69. The third-order valence-electron chi connectivity index (χ3n) is 3.20. The average molecular weight is 298 g/mol. The number of hydrogen-bond donors (Lipinski definition) is 1. The molecular formula is C16H26O3S. The van der Waals surface area contributed by atoms with Crippen LogP contribution < -0.4 is 4.74 Å². The highest BCUT2D eigenvalue weighted by Gasteiger charge is 2.16. The molecule has 0 saturated heterocycles. The summed E-state index contributed by atoms with van der Waals surface area (Å²) in [6.45, 7) is 4.92. The van der Waals surface area contributed by atoms with Gasteiger partial charge in [-0.2, -0.15) is 0 Å². The number of carboxylic acid groups (broad SMARTS) is 1. The van der Waals surface area contributed by atoms with Crippen molar-refractivity contribution in [1.82, 2.24) is 0 Å². The average Bonchev–Trinajstić information content (AvgIpc) is 2.81. The number of ether oxygens (including phenoxy) is 1. The maximum absolute atomic E-state index is 11.2. The lowest BCUT2D eigenvalue weighted by molar-refractivity contribution is 0.0698. The lowest BCUT2D eigenvalue weighted by Gasteiger charge is -2.05. The van der Waals surface area contributed by atoms with E-state index in [0.717, 1.165) is 30.6 Å². The van der Waals surface area contributed by atoms with Crippen LogP contribution in [0.25, 0.3) is 0 Å². The molecule has 114 valence electrons. The predicted molar refractivity (Wildman–Crippen MR) is 84.1 cm³/mol. The molecule has 0 aliphatic carbocycles. The Bertz CT molecular complexity index is 398. The number of unbranched alkanes of at least 4 members (excludes halogenated alkanes) is 5. The van der Waals surface area contributed by atoms with Crippen molar-refractivity contribution >= 4 is 17.3 Å². The van der Waals surface area contributed by atoms with E-state index in [1.807, 2.05) is 6.07 Å². The molecule has 1 aromatic heterocycles. The number of rotatable bonds is 11. The Kier molecular flexibility index (Phi) is 8.35. The van der Waals surface area contributed by atoms with E-state index in [4.69, 9.17) is 4.74 Å². The van der Waals surface area contributed by atoms with E-state index in [1.54, 1.807) is 0 Å². The molecular weight excluding hydrogens is 272 g/mol. The van der Waals surface area contributed by atoms with E-state index in [-0.39, 0.29) is 0 Å². The second kappa shape index (κ2) is 9.81. The predicted octanol–water partition coefficient (Wildman–Crippen LogP) is 5.14. The topological polar surface area (TPSA) is 46.5 Å². The second-order valence-electron chi connectivity index (χ2n) is 5.08. The largest absolute Gasteiger partial charge is 0.492 e. The summed E-state index contributed by atoms with van der Waals surface area (Å²) in [4.78, 5) is 12.6. The smallest absolute Gasteiger partial charge is 0.349 e. The lowest BCUT2D eigenvalue weighted by Crippen LogP contribution is -2.01. The van der Waals surface area contributed by atoms with Crippen LogP contribution in [-0.4, -0.2) is 17.7 Å². The van der Waals surface area contributed by atoms with E-state index in [2.05, 4.69) is 13.8 Å². The van der Waals surface area contributed by atoms with Gasteiger partial charge >= 0.3 is 5.97 Å². The fourth-order valence-corrected chi connectivity index (χ4v) is 3.15. The molecule has 1 heterocycles. The molecule has 1 rings (SSSR count). The van der Waals surface area contributed by atoms with Gasteiger partial charge in [0.25, 0.3) is 0 Å². The summed E-state index contributed by atoms with van der Waals surface area (Å²) in [6, 6.07) is 1.90. The van der Waals surface area contributed by atoms with Crippen LogP contribution in [0.15, 0.2) is 6.07 Å². The van der Waals surface area contributed by atoms with Gasteiger partial charge in [0.1, 0.15) is 5.75 Å². The zero-order valence-electron chi connectivity index (χ0n) is 12.6. The van der Waals surface area contributed by atoms with Gasteiger partial charge in [0.05, 0.1) is 6.61 Å². The molecule has 0 atom stereocenters. The number of carbonyl (C=O) groups is 1. The molecule has 3 nitrogen and oxygen atoms in total. The second-order valence-corrected chi connectivity index (χ2v) is 6.21. The number of hydrogen-bond acceptors (Lipinski definition) is 3. The normalized spacial score (nSPS) is 10.7. The van der Waals surface area contributed by atoms with Gasteiger partial charge in [0.2, 0.25) is 0 Å². The minimum Gasteiger partial charge on any atom is -0.492 e. The van der Waals surface area contributed by atoms with Gasteiger partial charge in [-0.25, -0.2) is 4.79 Å². The summed E-state index contributed by atoms with van der Waals surface area (Å²) < 4.78 is 5.66. The first-order valence-corrected chi connectivity index (χ1v) is 8.49. The minimum absolute atomic E-state index is 0.347. The molecule has 4 heteroatoms. The Balaban J connectivity index is 2.36. The molecule has 1 aromatic rings. The maximum Gasteiger partial charge on any atom is 0.349 e. The summed E-state index contributed by atoms with van der Waals surface area (Å²) in [5, 5.41) is 9.18. The van der Waals surface area contributed by atoms with Crippen LogP contribution in [0, 0.1) is 0 Å². The molecule has 0 aliphatic heterocycles. The van der Waals surface area contributed by atoms with Crippen LogP contribution >= 0.6 is 11.3 Å². The minimum atomic E-state index is -0.879. The SMILES string of the molecule is CCCCCCCCOc1cc(CCC)sc1C(=O)O. The molecule has 1 N–H and O–H groups in total. The molecule has 0 saturated carbocycles. The van der Waals surface area contributed by atoms with E-state index < -0.39 is 5.97 Å². The van der Waals surface area contributed by atoms with E-state index in [1.165, 1.54) is 37.0 Å². The Morgan fingerprint density at radius 2 is 1.85 bits per heavy atom. The zero-order valence-corrected chi connectivity index (χ0v) is 13.4. The third kappa shape index (κ3) is 5.95.